The second-order valence-corrected chi connectivity index (χ2v) is 6.79. The van der Waals surface area contributed by atoms with E-state index in [1.165, 1.54) is 0 Å². The van der Waals surface area contributed by atoms with E-state index in [1.54, 1.807) is 31.4 Å². The Labute approximate surface area is 169 Å². The first-order valence-corrected chi connectivity index (χ1v) is 9.35. The van der Waals surface area contributed by atoms with Crippen molar-refractivity contribution in [3.8, 4) is 5.75 Å². The Morgan fingerprint density at radius 2 is 1.93 bits per heavy atom. The summed E-state index contributed by atoms with van der Waals surface area (Å²) in [5.41, 5.74) is 3.32. The molecule has 4 N–H and O–H groups in total. The van der Waals surface area contributed by atoms with Crippen LogP contribution in [0.3, 0.4) is 0 Å². The Morgan fingerprint density at radius 3 is 2.66 bits per heavy atom. The van der Waals surface area contributed by atoms with E-state index in [0.717, 1.165) is 16.8 Å². The second kappa shape index (κ2) is 9.09. The summed E-state index contributed by atoms with van der Waals surface area (Å²) in [6.45, 7) is 2.09. The molecule has 0 fully saturated rings. The van der Waals surface area contributed by atoms with Crippen LogP contribution in [-0.4, -0.2) is 31.5 Å². The molecule has 0 aromatic heterocycles. The highest BCUT2D eigenvalue weighted by Crippen LogP contribution is 2.26. The third-order valence-corrected chi connectivity index (χ3v) is 4.62. The Morgan fingerprint density at radius 1 is 1.17 bits per heavy atom. The molecular formula is C21H24N4O4. The van der Waals surface area contributed by atoms with Gasteiger partial charge < -0.3 is 26.0 Å². The van der Waals surface area contributed by atoms with E-state index in [0.29, 0.717) is 17.9 Å². The van der Waals surface area contributed by atoms with Crippen LogP contribution in [0.1, 0.15) is 30.5 Å². The molecule has 2 aromatic rings. The molecule has 8 heteroatoms. The molecule has 1 aliphatic heterocycles. The summed E-state index contributed by atoms with van der Waals surface area (Å²) in [7, 11) is 1.57. The number of anilines is 2. The standard InChI is InChI=1S/C21H24N4O4/c1-13(14-3-8-18-15(11-14)12-20(27)25-18)23-19(26)9-10-22-21(28)24-16-4-6-17(29-2)7-5-16/h3-8,11,13H,9-10,12H2,1-2H3,(H,23,26)(H,25,27)(H2,22,24,28). The lowest BCUT2D eigenvalue weighted by Crippen LogP contribution is -2.34. The van der Waals surface area contributed by atoms with Gasteiger partial charge in [0, 0.05) is 24.3 Å². The van der Waals surface area contributed by atoms with Gasteiger partial charge in [-0.2, -0.15) is 0 Å². The lowest BCUT2D eigenvalue weighted by atomic mass is 10.0. The van der Waals surface area contributed by atoms with Crippen molar-refractivity contribution in [3.05, 3.63) is 53.6 Å². The number of benzene rings is 2. The van der Waals surface area contributed by atoms with E-state index in [2.05, 4.69) is 21.3 Å². The molecule has 152 valence electrons. The van der Waals surface area contributed by atoms with Crippen LogP contribution in [0.5, 0.6) is 5.75 Å². The largest absolute Gasteiger partial charge is 0.497 e. The highest BCUT2D eigenvalue weighted by Gasteiger charge is 2.19. The summed E-state index contributed by atoms with van der Waals surface area (Å²) in [5, 5.41) is 11.0. The van der Waals surface area contributed by atoms with Crippen molar-refractivity contribution >= 4 is 29.2 Å². The van der Waals surface area contributed by atoms with Crippen LogP contribution in [0.2, 0.25) is 0 Å². The number of rotatable bonds is 7. The van der Waals surface area contributed by atoms with Crippen molar-refractivity contribution in [1.29, 1.82) is 0 Å². The molecule has 1 unspecified atom stereocenters. The number of carbonyl (C=O) groups excluding carboxylic acids is 3. The minimum Gasteiger partial charge on any atom is -0.497 e. The predicted octanol–water partition coefficient (Wildman–Crippen LogP) is 2.58. The number of hydrogen-bond acceptors (Lipinski definition) is 4. The molecule has 0 saturated heterocycles. The van der Waals surface area contributed by atoms with Gasteiger partial charge in [0.2, 0.25) is 11.8 Å². The summed E-state index contributed by atoms with van der Waals surface area (Å²) in [6, 6.07) is 12.0. The van der Waals surface area contributed by atoms with E-state index in [9.17, 15) is 14.4 Å². The first-order valence-electron chi connectivity index (χ1n) is 9.35. The van der Waals surface area contributed by atoms with Crippen LogP contribution in [0, 0.1) is 0 Å². The Hall–Kier alpha value is -3.55. The second-order valence-electron chi connectivity index (χ2n) is 6.79. The maximum atomic E-state index is 12.2. The van der Waals surface area contributed by atoms with E-state index < -0.39 is 0 Å². The number of methoxy groups -OCH3 is 1. The molecule has 2 aromatic carbocycles. The average molecular weight is 396 g/mol. The summed E-state index contributed by atoms with van der Waals surface area (Å²) in [6.07, 6.45) is 0.516. The molecule has 8 nitrogen and oxygen atoms in total. The fraction of sp³-hybridized carbons (Fsp3) is 0.286. The monoisotopic (exact) mass is 396 g/mol. The normalized spacial score (nSPS) is 13.1. The molecular weight excluding hydrogens is 372 g/mol. The van der Waals surface area contributed by atoms with Crippen LogP contribution in [0.4, 0.5) is 16.2 Å². The quantitative estimate of drug-likeness (QED) is 0.577. The SMILES string of the molecule is COc1ccc(NC(=O)NCCC(=O)NC(C)c2ccc3c(c2)CC(=O)N3)cc1. The molecule has 1 aliphatic rings. The smallest absolute Gasteiger partial charge is 0.319 e. The highest BCUT2D eigenvalue weighted by atomic mass is 16.5. The summed E-state index contributed by atoms with van der Waals surface area (Å²) in [4.78, 5) is 35.5. The molecule has 1 atom stereocenters. The summed E-state index contributed by atoms with van der Waals surface area (Å²) >= 11 is 0. The molecule has 4 amide bonds. The summed E-state index contributed by atoms with van der Waals surface area (Å²) in [5.74, 6) is 0.512. The van der Waals surface area contributed by atoms with E-state index >= 15 is 0 Å². The van der Waals surface area contributed by atoms with Crippen LogP contribution in [0.25, 0.3) is 0 Å². The Bertz CT molecular complexity index is 911. The molecule has 0 saturated carbocycles. The minimum absolute atomic E-state index is 0.0205. The van der Waals surface area contributed by atoms with Gasteiger partial charge in [0.1, 0.15) is 5.75 Å². The number of urea groups is 1. The van der Waals surface area contributed by atoms with Crippen molar-refractivity contribution in [1.82, 2.24) is 10.6 Å². The first-order chi connectivity index (χ1) is 13.9. The number of nitrogens with one attached hydrogen (secondary N) is 4. The van der Waals surface area contributed by atoms with Crippen molar-refractivity contribution in [2.45, 2.75) is 25.8 Å². The van der Waals surface area contributed by atoms with Crippen LogP contribution < -0.4 is 26.0 Å². The van der Waals surface area contributed by atoms with Gasteiger partial charge in [0.15, 0.2) is 0 Å². The van der Waals surface area contributed by atoms with Crippen LogP contribution >= 0.6 is 0 Å². The topological polar surface area (TPSA) is 109 Å². The Balaban J connectivity index is 1.40. The average Bonchev–Trinajstić information content (AvgIpc) is 3.07. The van der Waals surface area contributed by atoms with Crippen molar-refractivity contribution in [2.75, 3.05) is 24.3 Å². The third kappa shape index (κ3) is 5.47. The number of hydrogen-bond donors (Lipinski definition) is 4. The highest BCUT2D eigenvalue weighted by molar-refractivity contribution is 5.99. The molecule has 29 heavy (non-hydrogen) atoms. The molecule has 0 aliphatic carbocycles. The molecule has 3 rings (SSSR count). The summed E-state index contributed by atoms with van der Waals surface area (Å²) < 4.78 is 5.06. The number of carbonyl (C=O) groups is 3. The van der Waals surface area contributed by atoms with Crippen molar-refractivity contribution in [2.24, 2.45) is 0 Å². The zero-order valence-electron chi connectivity index (χ0n) is 16.4. The first kappa shape index (κ1) is 20.2. The minimum atomic E-state index is -0.383. The fourth-order valence-electron chi connectivity index (χ4n) is 3.05. The zero-order valence-corrected chi connectivity index (χ0v) is 16.4. The van der Waals surface area contributed by atoms with E-state index in [4.69, 9.17) is 4.74 Å². The van der Waals surface area contributed by atoms with Gasteiger partial charge >= 0.3 is 6.03 Å². The molecule has 0 bridgehead atoms. The van der Waals surface area contributed by atoms with Gasteiger partial charge in [-0.05, 0) is 48.4 Å². The molecule has 0 radical (unpaired) electrons. The van der Waals surface area contributed by atoms with Gasteiger partial charge in [-0.25, -0.2) is 4.79 Å². The van der Waals surface area contributed by atoms with Gasteiger partial charge in [-0.3, -0.25) is 9.59 Å². The molecule has 1 heterocycles. The Kier molecular flexibility index (Phi) is 6.33. The lowest BCUT2D eigenvalue weighted by Gasteiger charge is -2.15. The predicted molar refractivity (Wildman–Crippen MR) is 110 cm³/mol. The number of amides is 4. The van der Waals surface area contributed by atoms with Crippen molar-refractivity contribution < 1.29 is 19.1 Å². The van der Waals surface area contributed by atoms with Gasteiger partial charge in [-0.1, -0.05) is 12.1 Å². The van der Waals surface area contributed by atoms with Gasteiger partial charge in [0.05, 0.1) is 19.6 Å². The van der Waals surface area contributed by atoms with Crippen LogP contribution in [-0.2, 0) is 16.0 Å². The maximum Gasteiger partial charge on any atom is 0.319 e. The van der Waals surface area contributed by atoms with E-state index in [-0.39, 0.29) is 36.9 Å². The van der Waals surface area contributed by atoms with Gasteiger partial charge in [0.25, 0.3) is 0 Å². The van der Waals surface area contributed by atoms with Crippen molar-refractivity contribution in [3.63, 3.8) is 0 Å². The number of fused-ring (bicyclic) bond motifs is 1. The lowest BCUT2D eigenvalue weighted by molar-refractivity contribution is -0.121. The fourth-order valence-corrected chi connectivity index (χ4v) is 3.05. The van der Waals surface area contributed by atoms with Gasteiger partial charge in [-0.15, -0.1) is 0 Å². The third-order valence-electron chi connectivity index (χ3n) is 4.62. The zero-order chi connectivity index (χ0) is 20.8. The maximum absolute atomic E-state index is 12.2. The van der Waals surface area contributed by atoms with E-state index in [1.807, 2.05) is 25.1 Å². The van der Waals surface area contributed by atoms with Crippen LogP contribution in [0.15, 0.2) is 42.5 Å². The molecule has 0 spiro atoms. The number of ether oxygens (including phenoxy) is 1.